The van der Waals surface area contributed by atoms with Crippen molar-refractivity contribution >= 4 is 35.5 Å². The third-order valence-corrected chi connectivity index (χ3v) is 4.92. The molecule has 0 saturated carbocycles. The number of benzene rings is 2. The first-order valence-corrected chi connectivity index (χ1v) is 10.3. The predicted molar refractivity (Wildman–Crippen MR) is 125 cm³/mol. The molecule has 0 aliphatic carbocycles. The Bertz CT molecular complexity index is 885. The van der Waals surface area contributed by atoms with E-state index in [9.17, 15) is 4.79 Å². The van der Waals surface area contributed by atoms with Crippen LogP contribution >= 0.6 is 11.6 Å². The minimum absolute atomic E-state index is 0.174. The Morgan fingerprint density at radius 2 is 1.86 bits per heavy atom. The van der Waals surface area contributed by atoms with Crippen LogP contribution in [-0.4, -0.2) is 18.2 Å². The molecule has 0 fully saturated rings. The molecule has 2 aromatic rings. The van der Waals surface area contributed by atoms with Crippen molar-refractivity contribution in [2.75, 3.05) is 5.32 Å². The molecule has 0 aromatic heterocycles. The zero-order valence-corrected chi connectivity index (χ0v) is 18.5. The lowest BCUT2D eigenvalue weighted by Crippen LogP contribution is -2.37. The van der Waals surface area contributed by atoms with Gasteiger partial charge in [-0.15, -0.1) is 0 Å². The van der Waals surface area contributed by atoms with E-state index >= 15 is 0 Å². The van der Waals surface area contributed by atoms with E-state index in [-0.39, 0.29) is 11.9 Å². The lowest BCUT2D eigenvalue weighted by molar-refractivity contribution is -0.121. The van der Waals surface area contributed by atoms with Crippen LogP contribution in [0.4, 0.5) is 5.69 Å². The maximum Gasteiger partial charge on any atom is 0.262 e. The van der Waals surface area contributed by atoms with Crippen LogP contribution in [0.15, 0.2) is 53.1 Å². The summed E-state index contributed by atoms with van der Waals surface area (Å²) in [6.45, 7) is 10.2. The molecule has 0 heterocycles. The highest BCUT2D eigenvalue weighted by Gasteiger charge is 2.16. The fourth-order valence-electron chi connectivity index (χ4n) is 2.88. The van der Waals surface area contributed by atoms with E-state index < -0.39 is 0 Å². The van der Waals surface area contributed by atoms with Crippen LogP contribution in [0.2, 0.25) is 5.02 Å². The van der Waals surface area contributed by atoms with Crippen LogP contribution in [0, 0.1) is 6.92 Å². The molecule has 2 aromatic carbocycles. The number of rotatable bonds is 8. The molecule has 0 radical (unpaired) electrons. The second kappa shape index (κ2) is 10.8. The standard InChI is InChI=1S/C24H30ClN3O/c1-6-22(27-23-12-11-21(25)14-18(23)5)24(29)28-26-15-17(4)13-19-7-9-20(10-8-19)16(2)3/h7-16,22,27H,6H2,1-5H3,(H,28,29)/b17-13-,26-15?/t22-/m0/s1. The number of nitrogens with zero attached hydrogens (tertiary/aromatic N) is 1. The van der Waals surface area contributed by atoms with Gasteiger partial charge >= 0.3 is 0 Å². The van der Waals surface area contributed by atoms with E-state index in [4.69, 9.17) is 11.6 Å². The van der Waals surface area contributed by atoms with Gasteiger partial charge in [-0.1, -0.05) is 62.7 Å². The number of halogens is 1. The normalized spacial score (nSPS) is 13.0. The van der Waals surface area contributed by atoms with Gasteiger partial charge in [-0.25, -0.2) is 5.43 Å². The summed E-state index contributed by atoms with van der Waals surface area (Å²) in [6, 6.07) is 13.6. The van der Waals surface area contributed by atoms with Gasteiger partial charge in [0.1, 0.15) is 6.04 Å². The zero-order valence-electron chi connectivity index (χ0n) is 17.8. The number of carbonyl (C=O) groups excluding carboxylic acids is 1. The molecule has 5 heteroatoms. The van der Waals surface area contributed by atoms with E-state index in [1.54, 1.807) is 6.21 Å². The predicted octanol–water partition coefficient (Wildman–Crippen LogP) is 6.17. The van der Waals surface area contributed by atoms with Crippen molar-refractivity contribution in [2.45, 2.75) is 53.0 Å². The van der Waals surface area contributed by atoms with Gasteiger partial charge in [0.25, 0.3) is 5.91 Å². The molecule has 0 saturated heterocycles. The Balaban J connectivity index is 1.95. The topological polar surface area (TPSA) is 53.5 Å². The summed E-state index contributed by atoms with van der Waals surface area (Å²) in [6.07, 6.45) is 4.33. The summed E-state index contributed by atoms with van der Waals surface area (Å²) in [4.78, 5) is 12.5. The highest BCUT2D eigenvalue weighted by Crippen LogP contribution is 2.21. The third-order valence-electron chi connectivity index (χ3n) is 4.68. The van der Waals surface area contributed by atoms with Crippen molar-refractivity contribution < 1.29 is 4.79 Å². The molecule has 2 rings (SSSR count). The van der Waals surface area contributed by atoms with Crippen molar-refractivity contribution in [2.24, 2.45) is 5.10 Å². The molecule has 0 bridgehead atoms. The molecule has 0 spiro atoms. The second-order valence-corrected chi connectivity index (χ2v) is 7.94. The Morgan fingerprint density at radius 1 is 1.17 bits per heavy atom. The molecule has 29 heavy (non-hydrogen) atoms. The second-order valence-electron chi connectivity index (χ2n) is 7.51. The number of anilines is 1. The van der Waals surface area contributed by atoms with Crippen molar-refractivity contribution in [3.05, 3.63) is 69.8 Å². The highest BCUT2D eigenvalue weighted by molar-refractivity contribution is 6.30. The van der Waals surface area contributed by atoms with Crippen molar-refractivity contribution in [1.29, 1.82) is 0 Å². The molecule has 154 valence electrons. The molecule has 0 aliphatic heterocycles. The number of carbonyl (C=O) groups is 1. The third kappa shape index (κ3) is 7.06. The van der Waals surface area contributed by atoms with Gasteiger partial charge in [0.2, 0.25) is 0 Å². The lowest BCUT2D eigenvalue weighted by Gasteiger charge is -2.18. The van der Waals surface area contributed by atoms with E-state index in [0.717, 1.165) is 22.4 Å². The fourth-order valence-corrected chi connectivity index (χ4v) is 3.11. The molecular formula is C24H30ClN3O. The number of hydrogen-bond acceptors (Lipinski definition) is 3. The molecule has 1 amide bonds. The van der Waals surface area contributed by atoms with Crippen molar-refractivity contribution in [3.8, 4) is 0 Å². The van der Waals surface area contributed by atoms with E-state index in [0.29, 0.717) is 17.4 Å². The molecule has 2 N–H and O–H groups in total. The summed E-state index contributed by atoms with van der Waals surface area (Å²) in [5, 5.41) is 8.04. The largest absolute Gasteiger partial charge is 0.373 e. The van der Waals surface area contributed by atoms with E-state index in [1.165, 1.54) is 5.56 Å². The van der Waals surface area contributed by atoms with Crippen molar-refractivity contribution in [1.82, 2.24) is 5.43 Å². The summed E-state index contributed by atoms with van der Waals surface area (Å²) >= 11 is 6.00. The van der Waals surface area contributed by atoms with Gasteiger partial charge in [-0.2, -0.15) is 5.10 Å². The van der Waals surface area contributed by atoms with Crippen LogP contribution < -0.4 is 10.7 Å². The van der Waals surface area contributed by atoms with Gasteiger partial charge in [-0.3, -0.25) is 4.79 Å². The number of allylic oxidation sites excluding steroid dienone is 1. The Hall–Kier alpha value is -2.59. The van der Waals surface area contributed by atoms with E-state index in [2.05, 4.69) is 54.0 Å². The van der Waals surface area contributed by atoms with Crippen LogP contribution in [0.25, 0.3) is 6.08 Å². The van der Waals surface area contributed by atoms with Crippen LogP contribution in [0.3, 0.4) is 0 Å². The highest BCUT2D eigenvalue weighted by atomic mass is 35.5. The number of hydrazone groups is 1. The van der Waals surface area contributed by atoms with Gasteiger partial charge in [-0.05, 0) is 66.6 Å². The van der Waals surface area contributed by atoms with Gasteiger partial charge < -0.3 is 5.32 Å². The minimum Gasteiger partial charge on any atom is -0.373 e. The Kier molecular flexibility index (Phi) is 8.47. The number of nitrogens with one attached hydrogen (secondary N) is 2. The summed E-state index contributed by atoms with van der Waals surface area (Å²) in [7, 11) is 0. The van der Waals surface area contributed by atoms with Crippen LogP contribution in [0.1, 0.15) is 56.7 Å². The quantitative estimate of drug-likeness (QED) is 0.403. The first-order chi connectivity index (χ1) is 13.8. The maximum atomic E-state index is 12.5. The summed E-state index contributed by atoms with van der Waals surface area (Å²) in [5.74, 6) is 0.342. The molecular weight excluding hydrogens is 382 g/mol. The number of aryl methyl sites for hydroxylation is 1. The van der Waals surface area contributed by atoms with E-state index in [1.807, 2.05) is 45.0 Å². The average molecular weight is 412 g/mol. The zero-order chi connectivity index (χ0) is 21.4. The fraction of sp³-hybridized carbons (Fsp3) is 0.333. The molecule has 1 atom stereocenters. The summed E-state index contributed by atoms with van der Waals surface area (Å²) in [5.41, 5.74) is 7.89. The first kappa shape index (κ1) is 22.7. The monoisotopic (exact) mass is 411 g/mol. The molecule has 0 aliphatic rings. The first-order valence-electron chi connectivity index (χ1n) is 9.94. The SMILES string of the molecule is CC[C@H](Nc1ccc(Cl)cc1C)C(=O)NN=C/C(C)=C\c1ccc(C(C)C)cc1. The lowest BCUT2D eigenvalue weighted by atomic mass is 10.0. The molecule has 4 nitrogen and oxygen atoms in total. The van der Waals surface area contributed by atoms with Crippen LogP contribution in [0.5, 0.6) is 0 Å². The minimum atomic E-state index is -0.375. The smallest absolute Gasteiger partial charge is 0.262 e. The summed E-state index contributed by atoms with van der Waals surface area (Å²) < 4.78 is 0. The van der Waals surface area contributed by atoms with Gasteiger partial charge in [0, 0.05) is 10.7 Å². The number of amides is 1. The Morgan fingerprint density at radius 3 is 2.45 bits per heavy atom. The van der Waals surface area contributed by atoms with Gasteiger partial charge in [0.15, 0.2) is 0 Å². The molecule has 0 unspecified atom stereocenters. The van der Waals surface area contributed by atoms with Crippen LogP contribution in [-0.2, 0) is 4.79 Å². The number of hydrogen-bond donors (Lipinski definition) is 2. The van der Waals surface area contributed by atoms with Gasteiger partial charge in [0.05, 0.1) is 6.21 Å². The van der Waals surface area contributed by atoms with Crippen molar-refractivity contribution in [3.63, 3.8) is 0 Å². The Labute approximate surface area is 179 Å². The average Bonchev–Trinajstić information content (AvgIpc) is 2.67. The maximum absolute atomic E-state index is 12.5.